The number of carbonyl (C=O) groups excluding carboxylic acids is 1. The Morgan fingerprint density at radius 2 is 2.16 bits per heavy atom. The molecule has 0 bridgehead atoms. The molecular weight excluding hydrogens is 320 g/mol. The summed E-state index contributed by atoms with van der Waals surface area (Å²) in [7, 11) is 0. The van der Waals surface area contributed by atoms with Crippen LogP contribution in [-0.4, -0.2) is 26.8 Å². The van der Waals surface area contributed by atoms with E-state index in [0.717, 1.165) is 24.1 Å². The van der Waals surface area contributed by atoms with Crippen LogP contribution < -0.4 is 15.6 Å². The van der Waals surface area contributed by atoms with Crippen molar-refractivity contribution in [2.75, 3.05) is 0 Å². The number of amides is 1. The van der Waals surface area contributed by atoms with E-state index in [0.29, 0.717) is 11.8 Å². The van der Waals surface area contributed by atoms with E-state index in [1.54, 1.807) is 18.3 Å². The lowest BCUT2D eigenvalue weighted by Gasteiger charge is -2.13. The van der Waals surface area contributed by atoms with Crippen LogP contribution in [-0.2, 0) is 17.9 Å². The van der Waals surface area contributed by atoms with Gasteiger partial charge in [0.15, 0.2) is 0 Å². The number of nitrogens with one attached hydrogen (secondary N) is 1. The van der Waals surface area contributed by atoms with Crippen LogP contribution in [0, 0.1) is 0 Å². The molecule has 7 nitrogen and oxygen atoms in total. The van der Waals surface area contributed by atoms with E-state index in [2.05, 4.69) is 15.4 Å². The smallest absolute Gasteiger partial charge is 0.267 e. The lowest BCUT2D eigenvalue weighted by Crippen LogP contribution is -2.33. The highest BCUT2D eigenvalue weighted by molar-refractivity contribution is 5.75. The van der Waals surface area contributed by atoms with Gasteiger partial charge in [-0.1, -0.05) is 6.07 Å². The molecule has 1 saturated carbocycles. The predicted octanol–water partition coefficient (Wildman–Crippen LogP) is 1.62. The van der Waals surface area contributed by atoms with E-state index in [1.807, 2.05) is 19.9 Å². The van der Waals surface area contributed by atoms with Crippen molar-refractivity contribution < 1.29 is 9.53 Å². The molecule has 1 aliphatic rings. The fourth-order valence-corrected chi connectivity index (χ4v) is 2.45. The molecule has 2 aromatic heterocycles. The van der Waals surface area contributed by atoms with E-state index in [1.165, 1.54) is 10.7 Å². The number of aromatic nitrogens is 3. The molecule has 0 saturated heterocycles. The Hall–Kier alpha value is -2.70. The normalized spacial score (nSPS) is 13.7. The Morgan fingerprint density at radius 1 is 1.36 bits per heavy atom. The second-order valence-electron chi connectivity index (χ2n) is 6.44. The number of rotatable bonds is 7. The van der Waals surface area contributed by atoms with E-state index in [-0.39, 0.29) is 30.7 Å². The second-order valence-corrected chi connectivity index (χ2v) is 6.44. The molecule has 1 N–H and O–H groups in total. The largest absolute Gasteiger partial charge is 0.475 e. The number of pyridine rings is 1. The molecule has 1 fully saturated rings. The van der Waals surface area contributed by atoms with Crippen LogP contribution in [0.4, 0.5) is 0 Å². The first-order valence-electron chi connectivity index (χ1n) is 8.48. The molecule has 0 unspecified atom stereocenters. The van der Waals surface area contributed by atoms with Crippen LogP contribution in [0.5, 0.6) is 5.88 Å². The topological polar surface area (TPSA) is 86.1 Å². The molecule has 0 spiro atoms. The maximum atomic E-state index is 12.2. The maximum absolute atomic E-state index is 12.2. The zero-order valence-electron chi connectivity index (χ0n) is 14.4. The quantitative estimate of drug-likeness (QED) is 0.826. The number of hydrogen-bond acceptors (Lipinski definition) is 5. The first-order chi connectivity index (χ1) is 12.0. The monoisotopic (exact) mass is 342 g/mol. The summed E-state index contributed by atoms with van der Waals surface area (Å²) < 4.78 is 6.85. The summed E-state index contributed by atoms with van der Waals surface area (Å²) >= 11 is 0. The first-order valence-corrected chi connectivity index (χ1v) is 8.48. The Balaban J connectivity index is 1.62. The minimum absolute atomic E-state index is 0.00251. The van der Waals surface area contributed by atoms with E-state index in [9.17, 15) is 9.59 Å². The van der Waals surface area contributed by atoms with E-state index < -0.39 is 0 Å². The van der Waals surface area contributed by atoms with Gasteiger partial charge >= 0.3 is 0 Å². The molecule has 0 aromatic carbocycles. The van der Waals surface area contributed by atoms with Crippen molar-refractivity contribution in [2.45, 2.75) is 51.8 Å². The summed E-state index contributed by atoms with van der Waals surface area (Å²) in [5.41, 5.74) is 1.40. The van der Waals surface area contributed by atoms with Crippen molar-refractivity contribution in [1.82, 2.24) is 20.1 Å². The Labute approximate surface area is 146 Å². The average molecular weight is 342 g/mol. The predicted molar refractivity (Wildman–Crippen MR) is 92.3 cm³/mol. The Kier molecular flexibility index (Phi) is 5.11. The molecule has 0 atom stereocenters. The molecule has 3 rings (SSSR count). The number of nitrogens with zero attached hydrogens (tertiary/aromatic N) is 3. The van der Waals surface area contributed by atoms with Gasteiger partial charge in [0, 0.05) is 30.3 Å². The van der Waals surface area contributed by atoms with Gasteiger partial charge in [0.1, 0.15) is 6.54 Å². The Bertz CT molecular complexity index is 812. The van der Waals surface area contributed by atoms with Gasteiger partial charge in [0.25, 0.3) is 5.56 Å². The van der Waals surface area contributed by atoms with Crippen LogP contribution in [0.2, 0.25) is 0 Å². The Morgan fingerprint density at radius 3 is 2.88 bits per heavy atom. The van der Waals surface area contributed by atoms with E-state index in [4.69, 9.17) is 4.74 Å². The summed E-state index contributed by atoms with van der Waals surface area (Å²) in [6.45, 7) is 4.02. The van der Waals surface area contributed by atoms with Gasteiger partial charge in [0.2, 0.25) is 11.8 Å². The van der Waals surface area contributed by atoms with Gasteiger partial charge in [-0.3, -0.25) is 9.59 Å². The maximum Gasteiger partial charge on any atom is 0.267 e. The third kappa shape index (κ3) is 4.65. The minimum Gasteiger partial charge on any atom is -0.475 e. The molecule has 1 aliphatic carbocycles. The minimum atomic E-state index is -0.276. The molecular formula is C18H22N4O3. The fraction of sp³-hybridized carbons (Fsp3) is 0.444. The molecule has 7 heteroatoms. The van der Waals surface area contributed by atoms with Gasteiger partial charge in [-0.15, -0.1) is 0 Å². The second kappa shape index (κ2) is 7.46. The van der Waals surface area contributed by atoms with Crippen molar-refractivity contribution >= 4 is 5.91 Å². The molecule has 132 valence electrons. The highest BCUT2D eigenvalue weighted by Gasteiger charge is 2.25. The van der Waals surface area contributed by atoms with Gasteiger partial charge < -0.3 is 10.1 Å². The third-order valence-corrected chi connectivity index (χ3v) is 3.85. The van der Waals surface area contributed by atoms with Crippen LogP contribution >= 0.6 is 0 Å². The summed E-state index contributed by atoms with van der Waals surface area (Å²) in [6.07, 6.45) is 3.83. The van der Waals surface area contributed by atoms with Crippen LogP contribution in [0.3, 0.4) is 0 Å². The summed E-state index contributed by atoms with van der Waals surface area (Å²) in [6, 6.07) is 6.87. The molecule has 2 heterocycles. The standard InChI is InChI=1S/C18H22N4O3/c1-12(2)25-18-14(4-3-9-19-18)10-20-16(23)11-22-17(24)8-7-15(21-22)13-5-6-13/h3-4,7-9,12-13H,5-6,10-11H2,1-2H3,(H,20,23). The van der Waals surface area contributed by atoms with Crippen molar-refractivity contribution in [2.24, 2.45) is 0 Å². The summed E-state index contributed by atoms with van der Waals surface area (Å²) in [5, 5.41) is 7.09. The molecule has 2 aromatic rings. The summed E-state index contributed by atoms with van der Waals surface area (Å²) in [4.78, 5) is 28.3. The van der Waals surface area contributed by atoms with Crippen LogP contribution in [0.1, 0.15) is 43.9 Å². The molecule has 1 amide bonds. The van der Waals surface area contributed by atoms with Crippen molar-refractivity contribution in [3.05, 3.63) is 52.1 Å². The fourth-order valence-electron chi connectivity index (χ4n) is 2.45. The zero-order valence-corrected chi connectivity index (χ0v) is 14.4. The van der Waals surface area contributed by atoms with Crippen molar-refractivity contribution in [1.29, 1.82) is 0 Å². The highest BCUT2D eigenvalue weighted by atomic mass is 16.5. The van der Waals surface area contributed by atoms with Gasteiger partial charge in [-0.2, -0.15) is 5.10 Å². The van der Waals surface area contributed by atoms with Crippen LogP contribution in [0.25, 0.3) is 0 Å². The molecule has 0 aliphatic heterocycles. The first kappa shape index (κ1) is 17.1. The van der Waals surface area contributed by atoms with Gasteiger partial charge in [-0.05, 0) is 38.8 Å². The number of ether oxygens (including phenoxy) is 1. The lowest BCUT2D eigenvalue weighted by molar-refractivity contribution is -0.122. The SMILES string of the molecule is CC(C)Oc1ncccc1CNC(=O)Cn1nc(C2CC2)ccc1=O. The average Bonchev–Trinajstić information content (AvgIpc) is 3.40. The van der Waals surface area contributed by atoms with Gasteiger partial charge in [0.05, 0.1) is 11.8 Å². The highest BCUT2D eigenvalue weighted by Crippen LogP contribution is 2.38. The van der Waals surface area contributed by atoms with E-state index >= 15 is 0 Å². The molecule has 0 radical (unpaired) electrons. The lowest BCUT2D eigenvalue weighted by atomic mass is 10.2. The third-order valence-electron chi connectivity index (χ3n) is 3.85. The number of carbonyl (C=O) groups is 1. The zero-order chi connectivity index (χ0) is 17.8. The van der Waals surface area contributed by atoms with Gasteiger partial charge in [-0.25, -0.2) is 9.67 Å². The van der Waals surface area contributed by atoms with Crippen molar-refractivity contribution in [3.63, 3.8) is 0 Å². The van der Waals surface area contributed by atoms with Crippen molar-refractivity contribution in [3.8, 4) is 5.88 Å². The number of hydrogen-bond donors (Lipinski definition) is 1. The molecule has 25 heavy (non-hydrogen) atoms. The van der Waals surface area contributed by atoms with Crippen LogP contribution in [0.15, 0.2) is 35.3 Å². The summed E-state index contributed by atoms with van der Waals surface area (Å²) in [5.74, 6) is 0.659.